The largest absolute Gasteiger partial charge is 0.325 e. The van der Waals surface area contributed by atoms with Gasteiger partial charge in [0.1, 0.15) is 0 Å². The van der Waals surface area contributed by atoms with Crippen LogP contribution in [-0.4, -0.2) is 12.1 Å². The van der Waals surface area contributed by atoms with Crippen LogP contribution in [0.4, 0.5) is 21.0 Å². The van der Waals surface area contributed by atoms with Crippen molar-refractivity contribution in [2.24, 2.45) is 0 Å². The lowest BCUT2D eigenvalue weighted by Gasteiger charge is -2.21. The average Bonchev–Trinajstić information content (AvgIpc) is 3.02. The summed E-state index contributed by atoms with van der Waals surface area (Å²) in [6.07, 6.45) is 0. The van der Waals surface area contributed by atoms with E-state index in [1.165, 1.54) is 0 Å². The van der Waals surface area contributed by atoms with Crippen molar-refractivity contribution >= 4 is 59.2 Å². The third-order valence-corrected chi connectivity index (χ3v) is 11.5. The van der Waals surface area contributed by atoms with Crippen LogP contribution in [0.15, 0.2) is 146 Å². The van der Waals surface area contributed by atoms with E-state index in [0.717, 1.165) is 0 Å². The Balaban J connectivity index is 1.31. The summed E-state index contributed by atoms with van der Waals surface area (Å²) in [7, 11) is -7.01. The third-order valence-electron chi connectivity index (χ3n) is 6.38. The molecule has 5 aromatic rings. The molecule has 0 aliphatic heterocycles. The molecule has 8 nitrogen and oxygen atoms in total. The molecule has 4 N–H and O–H groups in total. The fourth-order valence-electron chi connectivity index (χ4n) is 4.39. The number of nitrogens with one attached hydrogen (secondary N) is 4. The summed E-state index contributed by atoms with van der Waals surface area (Å²) >= 11 is 0. The highest BCUT2D eigenvalue weighted by Gasteiger charge is 2.30. The molecule has 0 aliphatic carbocycles. The van der Waals surface area contributed by atoms with Gasteiger partial charge < -0.3 is 10.6 Å². The van der Waals surface area contributed by atoms with Gasteiger partial charge in [0.15, 0.2) is 0 Å². The highest BCUT2D eigenvalue weighted by atomic mass is 31.2. The van der Waals surface area contributed by atoms with Crippen LogP contribution in [-0.2, 0) is 9.13 Å². The summed E-state index contributed by atoms with van der Waals surface area (Å²) in [6.45, 7) is 0. The van der Waals surface area contributed by atoms with Crippen molar-refractivity contribution in [1.82, 2.24) is 10.2 Å². The number of anilines is 2. The molecule has 0 saturated heterocycles. The van der Waals surface area contributed by atoms with Crippen LogP contribution in [0.3, 0.4) is 0 Å². The molecule has 0 fully saturated rings. The van der Waals surface area contributed by atoms with Crippen LogP contribution >= 0.6 is 14.6 Å². The smallest absolute Gasteiger partial charge is 0.308 e. The van der Waals surface area contributed by atoms with E-state index in [-0.39, 0.29) is 0 Å². The summed E-state index contributed by atoms with van der Waals surface area (Å²) in [4.78, 5) is 26.2. The number of rotatable bonds is 8. The highest BCUT2D eigenvalue weighted by molar-refractivity contribution is 7.77. The second-order valence-electron chi connectivity index (χ2n) is 9.27. The molecule has 42 heavy (non-hydrogen) atoms. The number of carbonyl (C=O) groups excluding carboxylic acids is 2. The molecule has 0 radical (unpaired) electrons. The van der Waals surface area contributed by atoms with Gasteiger partial charge in [-0.25, -0.2) is 9.59 Å². The monoisotopic (exact) mass is 594 g/mol. The van der Waals surface area contributed by atoms with Gasteiger partial charge in [0, 0.05) is 32.6 Å². The fourth-order valence-corrected chi connectivity index (χ4v) is 8.55. The summed E-state index contributed by atoms with van der Waals surface area (Å²) in [5, 5.41) is 12.7. The van der Waals surface area contributed by atoms with Crippen LogP contribution in [0, 0.1) is 0 Å². The molecule has 0 atom stereocenters. The standard InChI is InChI=1S/C32H28N4O4P2/c37-31(35-41(39,27-16-5-1-6-17-27)28-18-7-2-8-19-28)33-25-14-13-15-26(24-25)34-32(38)36-42(40,29-20-9-3-10-21-29)30-22-11-4-12-23-30/h1-24H,(H2,33,35,37,39)(H2,34,36,38,40). The quantitative estimate of drug-likeness (QED) is 0.170. The zero-order chi connectivity index (χ0) is 29.4. The van der Waals surface area contributed by atoms with Gasteiger partial charge in [0.05, 0.1) is 0 Å². The minimum absolute atomic E-state index is 0.354. The van der Waals surface area contributed by atoms with Crippen LogP contribution in [0.25, 0.3) is 0 Å². The summed E-state index contributed by atoms with van der Waals surface area (Å²) in [5.41, 5.74) is 0.708. The number of hydrogen-bond donors (Lipinski definition) is 4. The maximum atomic E-state index is 14.1. The highest BCUT2D eigenvalue weighted by Crippen LogP contribution is 2.39. The molecule has 0 saturated carbocycles. The van der Waals surface area contributed by atoms with Crippen molar-refractivity contribution < 1.29 is 18.7 Å². The Morgan fingerprint density at radius 2 is 0.690 bits per heavy atom. The molecule has 4 amide bonds. The van der Waals surface area contributed by atoms with Gasteiger partial charge in [-0.15, -0.1) is 0 Å². The lowest BCUT2D eigenvalue weighted by atomic mass is 10.3. The van der Waals surface area contributed by atoms with Crippen LogP contribution in [0.5, 0.6) is 0 Å². The first-order valence-electron chi connectivity index (χ1n) is 13.1. The Hall–Kier alpha value is -4.90. The fraction of sp³-hybridized carbons (Fsp3) is 0. The Morgan fingerprint density at radius 3 is 0.976 bits per heavy atom. The predicted molar refractivity (Wildman–Crippen MR) is 170 cm³/mol. The number of urea groups is 2. The normalized spacial score (nSPS) is 11.2. The van der Waals surface area contributed by atoms with E-state index in [4.69, 9.17) is 0 Å². The second kappa shape index (κ2) is 12.7. The van der Waals surface area contributed by atoms with Crippen molar-refractivity contribution in [2.75, 3.05) is 10.6 Å². The van der Waals surface area contributed by atoms with Gasteiger partial charge in [-0.3, -0.25) is 19.3 Å². The average molecular weight is 595 g/mol. The Labute approximate surface area is 244 Å². The number of amides is 4. The minimum atomic E-state index is -3.51. The maximum absolute atomic E-state index is 14.1. The molecule has 0 bridgehead atoms. The van der Waals surface area contributed by atoms with Gasteiger partial charge in [-0.1, -0.05) is 78.9 Å². The molecule has 10 heteroatoms. The van der Waals surface area contributed by atoms with E-state index in [2.05, 4.69) is 20.8 Å². The summed E-state index contributed by atoms with van der Waals surface area (Å²) < 4.78 is 28.3. The van der Waals surface area contributed by atoms with E-state index in [9.17, 15) is 18.7 Å². The number of carbonyl (C=O) groups is 2. The van der Waals surface area contributed by atoms with Crippen LogP contribution in [0.1, 0.15) is 0 Å². The van der Waals surface area contributed by atoms with E-state index in [1.54, 1.807) is 121 Å². The van der Waals surface area contributed by atoms with Crippen molar-refractivity contribution in [3.8, 4) is 0 Å². The van der Waals surface area contributed by atoms with Crippen LogP contribution in [0.2, 0.25) is 0 Å². The number of benzene rings is 5. The van der Waals surface area contributed by atoms with E-state index >= 15 is 0 Å². The Morgan fingerprint density at radius 1 is 0.405 bits per heavy atom. The molecule has 5 aromatic carbocycles. The molecular formula is C32H28N4O4P2. The van der Waals surface area contributed by atoms with Crippen molar-refractivity contribution in [3.63, 3.8) is 0 Å². The first-order chi connectivity index (χ1) is 20.4. The summed E-state index contributed by atoms with van der Waals surface area (Å²) in [6, 6.07) is 40.1. The third kappa shape index (κ3) is 6.52. The molecule has 0 spiro atoms. The first-order valence-corrected chi connectivity index (χ1v) is 16.5. The second-order valence-corrected chi connectivity index (χ2v) is 14.2. The lowest BCUT2D eigenvalue weighted by Crippen LogP contribution is -2.35. The SMILES string of the molecule is O=C(Nc1cccc(NC(=O)NP(=O)(c2ccccc2)c2ccccc2)c1)NP(=O)(c1ccccc1)c1ccccc1. The van der Waals surface area contributed by atoms with Gasteiger partial charge >= 0.3 is 12.1 Å². The Kier molecular flexibility index (Phi) is 8.68. The molecule has 0 aromatic heterocycles. The lowest BCUT2D eigenvalue weighted by molar-refractivity contribution is 0.256. The van der Waals surface area contributed by atoms with Crippen molar-refractivity contribution in [1.29, 1.82) is 0 Å². The van der Waals surface area contributed by atoms with E-state index in [0.29, 0.717) is 32.6 Å². The first kappa shape index (κ1) is 28.6. The zero-order valence-corrected chi connectivity index (χ0v) is 24.2. The van der Waals surface area contributed by atoms with Crippen molar-refractivity contribution in [3.05, 3.63) is 146 Å². The van der Waals surface area contributed by atoms with E-state index in [1.807, 2.05) is 24.3 Å². The molecule has 0 aliphatic rings. The van der Waals surface area contributed by atoms with Gasteiger partial charge in [0.25, 0.3) is 0 Å². The van der Waals surface area contributed by atoms with Gasteiger partial charge in [-0.2, -0.15) is 0 Å². The number of hydrogen-bond acceptors (Lipinski definition) is 4. The molecule has 0 heterocycles. The van der Waals surface area contributed by atoms with E-state index < -0.39 is 26.6 Å². The van der Waals surface area contributed by atoms with Crippen LogP contribution < -0.4 is 42.0 Å². The predicted octanol–water partition coefficient (Wildman–Crippen LogP) is 5.79. The molecule has 210 valence electrons. The topological polar surface area (TPSA) is 116 Å². The Bertz CT molecular complexity index is 1560. The molecule has 5 rings (SSSR count). The maximum Gasteiger partial charge on any atom is 0.325 e. The van der Waals surface area contributed by atoms with Gasteiger partial charge in [-0.05, 0) is 66.7 Å². The zero-order valence-electron chi connectivity index (χ0n) is 22.4. The van der Waals surface area contributed by atoms with Crippen molar-refractivity contribution in [2.45, 2.75) is 0 Å². The molecule has 0 unspecified atom stereocenters. The van der Waals surface area contributed by atoms with Gasteiger partial charge in [0.2, 0.25) is 14.6 Å². The summed E-state index contributed by atoms with van der Waals surface area (Å²) in [5.74, 6) is 0. The molecular weight excluding hydrogens is 566 g/mol. The minimum Gasteiger partial charge on any atom is -0.308 e.